The lowest BCUT2D eigenvalue weighted by Crippen LogP contribution is -2.40. The number of carbonyl (C=O) groups is 1. The van der Waals surface area contributed by atoms with Gasteiger partial charge in [-0.2, -0.15) is 0 Å². The summed E-state index contributed by atoms with van der Waals surface area (Å²) in [5, 5.41) is 3.79. The monoisotopic (exact) mass is 240 g/mol. The maximum Gasteiger partial charge on any atom is 0.240 e. The molecule has 88 valence electrons. The lowest BCUT2D eigenvalue weighted by Gasteiger charge is -2.22. The smallest absolute Gasteiger partial charge is 0.240 e. The van der Waals surface area contributed by atoms with Crippen molar-refractivity contribution in [2.45, 2.75) is 26.3 Å². The number of nitrogens with two attached hydrogens (primary N) is 1. The predicted molar refractivity (Wildman–Crippen MR) is 67.5 cm³/mol. The van der Waals surface area contributed by atoms with Gasteiger partial charge in [0.15, 0.2) is 0 Å². The van der Waals surface area contributed by atoms with Crippen LogP contribution in [0.3, 0.4) is 0 Å². The Morgan fingerprint density at radius 1 is 1.44 bits per heavy atom. The molecule has 0 radical (unpaired) electrons. The molecule has 0 fully saturated rings. The van der Waals surface area contributed by atoms with Crippen LogP contribution in [0.15, 0.2) is 24.3 Å². The number of primary amides is 1. The van der Waals surface area contributed by atoms with Gasteiger partial charge >= 0.3 is 0 Å². The van der Waals surface area contributed by atoms with Crippen molar-refractivity contribution in [3.8, 4) is 0 Å². The molecule has 0 heterocycles. The molecule has 0 saturated carbocycles. The molecule has 0 spiro atoms. The van der Waals surface area contributed by atoms with Gasteiger partial charge in [-0.05, 0) is 30.2 Å². The van der Waals surface area contributed by atoms with Crippen LogP contribution in [0.2, 0.25) is 5.02 Å². The molecule has 1 amide bonds. The molecule has 3 nitrogen and oxygen atoms in total. The molecular weight excluding hydrogens is 224 g/mol. The molecule has 0 bridgehead atoms. The fraction of sp³-hybridized carbons (Fsp3) is 0.417. The van der Waals surface area contributed by atoms with Crippen molar-refractivity contribution in [1.82, 2.24) is 0 Å². The van der Waals surface area contributed by atoms with Crippen molar-refractivity contribution in [2.24, 2.45) is 11.7 Å². The minimum Gasteiger partial charge on any atom is -0.373 e. The molecule has 0 saturated heterocycles. The minimum absolute atomic E-state index is 0.202. The highest BCUT2D eigenvalue weighted by molar-refractivity contribution is 6.30. The van der Waals surface area contributed by atoms with E-state index in [-0.39, 0.29) is 17.9 Å². The summed E-state index contributed by atoms with van der Waals surface area (Å²) >= 11 is 5.78. The summed E-state index contributed by atoms with van der Waals surface area (Å²) in [6, 6.07) is 6.88. The molecule has 2 unspecified atom stereocenters. The van der Waals surface area contributed by atoms with Gasteiger partial charge in [0, 0.05) is 10.7 Å². The molecule has 0 aliphatic rings. The van der Waals surface area contributed by atoms with E-state index in [1.165, 1.54) is 0 Å². The number of benzene rings is 1. The van der Waals surface area contributed by atoms with Crippen molar-refractivity contribution in [3.63, 3.8) is 0 Å². The SMILES string of the molecule is CCC(C)C(Nc1ccc(Cl)cc1)C(N)=O. The van der Waals surface area contributed by atoms with Crippen LogP contribution in [0.4, 0.5) is 5.69 Å². The quantitative estimate of drug-likeness (QED) is 0.832. The lowest BCUT2D eigenvalue weighted by atomic mass is 9.98. The standard InChI is InChI=1S/C12H17ClN2O/c1-3-8(2)11(12(14)16)15-10-6-4-9(13)5-7-10/h4-8,11,15H,3H2,1-2H3,(H2,14,16). The van der Waals surface area contributed by atoms with Crippen LogP contribution in [0.5, 0.6) is 0 Å². The summed E-state index contributed by atoms with van der Waals surface area (Å²) in [5.74, 6) is -0.127. The first-order valence-corrected chi connectivity index (χ1v) is 5.73. The summed E-state index contributed by atoms with van der Waals surface area (Å²) in [5.41, 5.74) is 6.22. The highest BCUT2D eigenvalue weighted by Crippen LogP contribution is 2.17. The number of hydrogen-bond donors (Lipinski definition) is 2. The zero-order valence-corrected chi connectivity index (χ0v) is 10.3. The van der Waals surface area contributed by atoms with E-state index in [9.17, 15) is 4.79 Å². The van der Waals surface area contributed by atoms with Crippen LogP contribution >= 0.6 is 11.6 Å². The molecule has 0 aliphatic carbocycles. The fourth-order valence-corrected chi connectivity index (χ4v) is 1.58. The second-order valence-corrected chi connectivity index (χ2v) is 4.35. The molecule has 3 N–H and O–H groups in total. The van der Waals surface area contributed by atoms with E-state index in [0.717, 1.165) is 12.1 Å². The van der Waals surface area contributed by atoms with Crippen LogP contribution in [-0.2, 0) is 4.79 Å². The van der Waals surface area contributed by atoms with E-state index in [0.29, 0.717) is 5.02 Å². The second kappa shape index (κ2) is 5.75. The van der Waals surface area contributed by atoms with Crippen LogP contribution in [0.25, 0.3) is 0 Å². The normalized spacial score (nSPS) is 14.2. The zero-order valence-electron chi connectivity index (χ0n) is 9.53. The van der Waals surface area contributed by atoms with E-state index in [1.807, 2.05) is 26.0 Å². The largest absolute Gasteiger partial charge is 0.373 e. The van der Waals surface area contributed by atoms with E-state index in [2.05, 4.69) is 5.32 Å². The fourth-order valence-electron chi connectivity index (χ4n) is 1.46. The Hall–Kier alpha value is -1.22. The minimum atomic E-state index is -0.342. The maximum absolute atomic E-state index is 11.3. The van der Waals surface area contributed by atoms with Crippen molar-refractivity contribution in [1.29, 1.82) is 0 Å². The molecule has 2 atom stereocenters. The van der Waals surface area contributed by atoms with Gasteiger partial charge in [0.25, 0.3) is 0 Å². The third kappa shape index (κ3) is 3.42. The Balaban J connectivity index is 2.75. The van der Waals surface area contributed by atoms with E-state index < -0.39 is 0 Å². The Labute approximate surface area is 101 Å². The second-order valence-electron chi connectivity index (χ2n) is 3.92. The van der Waals surface area contributed by atoms with Crippen molar-refractivity contribution < 1.29 is 4.79 Å². The molecule has 1 aromatic rings. The van der Waals surface area contributed by atoms with Gasteiger partial charge in [-0.3, -0.25) is 4.79 Å². The summed E-state index contributed by atoms with van der Waals surface area (Å²) in [7, 11) is 0. The number of rotatable bonds is 5. The highest BCUT2D eigenvalue weighted by Gasteiger charge is 2.20. The van der Waals surface area contributed by atoms with Gasteiger partial charge in [-0.15, -0.1) is 0 Å². The predicted octanol–water partition coefficient (Wildman–Crippen LogP) is 2.65. The summed E-state index contributed by atoms with van der Waals surface area (Å²) in [6.07, 6.45) is 0.897. The molecule has 16 heavy (non-hydrogen) atoms. The molecule has 0 aliphatic heterocycles. The van der Waals surface area contributed by atoms with Gasteiger partial charge in [0.05, 0.1) is 0 Å². The average molecular weight is 241 g/mol. The third-order valence-electron chi connectivity index (χ3n) is 2.69. The Kier molecular flexibility index (Phi) is 4.62. The molecule has 0 aromatic heterocycles. The van der Waals surface area contributed by atoms with E-state index in [1.54, 1.807) is 12.1 Å². The van der Waals surface area contributed by atoms with Crippen LogP contribution in [-0.4, -0.2) is 11.9 Å². The third-order valence-corrected chi connectivity index (χ3v) is 2.94. The number of nitrogens with one attached hydrogen (secondary N) is 1. The number of hydrogen-bond acceptors (Lipinski definition) is 2. The Morgan fingerprint density at radius 2 is 2.00 bits per heavy atom. The molecular formula is C12H17ClN2O. The summed E-state index contributed by atoms with van der Waals surface area (Å²) < 4.78 is 0. The van der Waals surface area contributed by atoms with Crippen molar-refractivity contribution >= 4 is 23.2 Å². The average Bonchev–Trinajstić information content (AvgIpc) is 2.27. The van der Waals surface area contributed by atoms with E-state index >= 15 is 0 Å². The van der Waals surface area contributed by atoms with Crippen molar-refractivity contribution in [3.05, 3.63) is 29.3 Å². The summed E-state index contributed by atoms with van der Waals surface area (Å²) in [4.78, 5) is 11.3. The number of amides is 1. The van der Waals surface area contributed by atoms with Crippen LogP contribution in [0.1, 0.15) is 20.3 Å². The number of carbonyl (C=O) groups excluding carboxylic acids is 1. The van der Waals surface area contributed by atoms with Gasteiger partial charge < -0.3 is 11.1 Å². The zero-order chi connectivity index (χ0) is 12.1. The molecule has 1 aromatic carbocycles. The first-order chi connectivity index (χ1) is 7.54. The summed E-state index contributed by atoms with van der Waals surface area (Å²) in [6.45, 7) is 4.03. The van der Waals surface area contributed by atoms with Gasteiger partial charge in [-0.1, -0.05) is 31.9 Å². The topological polar surface area (TPSA) is 55.1 Å². The maximum atomic E-state index is 11.3. The molecule has 4 heteroatoms. The Morgan fingerprint density at radius 3 is 2.44 bits per heavy atom. The van der Waals surface area contributed by atoms with E-state index in [4.69, 9.17) is 17.3 Å². The van der Waals surface area contributed by atoms with Crippen LogP contribution < -0.4 is 11.1 Å². The first kappa shape index (κ1) is 12.8. The number of halogens is 1. The lowest BCUT2D eigenvalue weighted by molar-refractivity contribution is -0.119. The first-order valence-electron chi connectivity index (χ1n) is 5.36. The number of anilines is 1. The highest BCUT2D eigenvalue weighted by atomic mass is 35.5. The van der Waals surface area contributed by atoms with Gasteiger partial charge in [0.2, 0.25) is 5.91 Å². The van der Waals surface area contributed by atoms with Gasteiger partial charge in [0.1, 0.15) is 6.04 Å². The molecule has 1 rings (SSSR count). The van der Waals surface area contributed by atoms with Gasteiger partial charge in [-0.25, -0.2) is 0 Å². The Bertz CT molecular complexity index is 351. The van der Waals surface area contributed by atoms with Crippen molar-refractivity contribution in [2.75, 3.05) is 5.32 Å². The van der Waals surface area contributed by atoms with Crippen LogP contribution in [0, 0.1) is 5.92 Å².